The van der Waals surface area contributed by atoms with Gasteiger partial charge in [0, 0.05) is 5.92 Å². The molecule has 0 amide bonds. The third-order valence-corrected chi connectivity index (χ3v) is 8.85. The lowest BCUT2D eigenvalue weighted by atomic mass is 9.58. The van der Waals surface area contributed by atoms with Gasteiger partial charge in [-0.1, -0.05) is 86.9 Å². The van der Waals surface area contributed by atoms with E-state index in [0.717, 1.165) is 5.92 Å². The van der Waals surface area contributed by atoms with Crippen LogP contribution in [-0.2, 0) is 6.42 Å². The maximum Gasteiger partial charge on any atom is 0.00205 e. The van der Waals surface area contributed by atoms with Crippen molar-refractivity contribution in [2.75, 3.05) is 0 Å². The molecule has 0 heterocycles. The molecule has 6 rings (SSSR count). The monoisotopic (exact) mass is 408 g/mol. The Morgan fingerprint density at radius 3 is 2.68 bits per heavy atom. The van der Waals surface area contributed by atoms with Crippen LogP contribution in [0.5, 0.6) is 0 Å². The number of benzene rings is 1. The highest BCUT2D eigenvalue weighted by Gasteiger charge is 2.46. The third-order valence-electron chi connectivity index (χ3n) is 8.85. The van der Waals surface area contributed by atoms with Gasteiger partial charge in [0.2, 0.25) is 0 Å². The first-order valence-corrected chi connectivity index (χ1v) is 12.6. The first-order chi connectivity index (χ1) is 14.9. The lowest BCUT2D eigenvalue weighted by molar-refractivity contribution is 0.223. The maximum atomic E-state index is 2.64. The van der Waals surface area contributed by atoms with Gasteiger partial charge in [-0.25, -0.2) is 0 Å². The molecular formula is C31H36. The molecule has 0 nitrogen and oxygen atoms in total. The fourth-order valence-electron chi connectivity index (χ4n) is 7.39. The number of fused-ring (bicyclic) bond motifs is 6. The highest BCUT2D eigenvalue weighted by molar-refractivity contribution is 5.91. The molecule has 0 N–H and O–H groups in total. The van der Waals surface area contributed by atoms with Crippen LogP contribution in [-0.4, -0.2) is 0 Å². The molecule has 1 aromatic rings. The zero-order valence-electron chi connectivity index (χ0n) is 19.7. The predicted octanol–water partition coefficient (Wildman–Crippen LogP) is 8.24. The van der Waals surface area contributed by atoms with Crippen LogP contribution >= 0.6 is 0 Å². The Kier molecular flexibility index (Phi) is 4.40. The van der Waals surface area contributed by atoms with Gasteiger partial charge in [-0.3, -0.25) is 0 Å². The van der Waals surface area contributed by atoms with E-state index < -0.39 is 0 Å². The van der Waals surface area contributed by atoms with Crippen LogP contribution in [0.1, 0.15) is 70.9 Å². The van der Waals surface area contributed by atoms with Gasteiger partial charge in [-0.15, -0.1) is 0 Å². The van der Waals surface area contributed by atoms with E-state index in [1.165, 1.54) is 44.1 Å². The van der Waals surface area contributed by atoms with E-state index in [4.69, 9.17) is 0 Å². The molecule has 31 heavy (non-hydrogen) atoms. The predicted molar refractivity (Wildman–Crippen MR) is 132 cm³/mol. The Labute approximate surface area is 188 Å². The SMILES string of the molecule is CC1=CC(C(C)(C)C)=CC1C1CC=CC2=C3C(=C4CCCCC4C21)Cc1ccccc13. The van der Waals surface area contributed by atoms with Crippen molar-refractivity contribution in [3.05, 3.63) is 87.6 Å². The molecule has 1 fully saturated rings. The zero-order valence-corrected chi connectivity index (χ0v) is 19.7. The van der Waals surface area contributed by atoms with Gasteiger partial charge in [-0.2, -0.15) is 0 Å². The number of hydrogen-bond donors (Lipinski definition) is 0. The van der Waals surface area contributed by atoms with E-state index in [1.807, 2.05) is 5.57 Å². The normalized spacial score (nSPS) is 31.7. The first kappa shape index (κ1) is 19.6. The van der Waals surface area contributed by atoms with E-state index >= 15 is 0 Å². The van der Waals surface area contributed by atoms with Crippen molar-refractivity contribution in [2.45, 2.75) is 66.2 Å². The molecule has 4 unspecified atom stereocenters. The summed E-state index contributed by atoms with van der Waals surface area (Å²) in [4.78, 5) is 0. The van der Waals surface area contributed by atoms with Crippen molar-refractivity contribution in [1.82, 2.24) is 0 Å². The fourth-order valence-corrected chi connectivity index (χ4v) is 7.39. The molecule has 0 aliphatic heterocycles. The molecule has 1 aromatic carbocycles. The topological polar surface area (TPSA) is 0 Å². The Hall–Kier alpha value is -2.08. The van der Waals surface area contributed by atoms with Crippen molar-refractivity contribution in [1.29, 1.82) is 0 Å². The van der Waals surface area contributed by atoms with Gasteiger partial charge in [0.05, 0.1) is 0 Å². The van der Waals surface area contributed by atoms with Crippen molar-refractivity contribution in [2.24, 2.45) is 29.1 Å². The summed E-state index contributed by atoms with van der Waals surface area (Å²) in [7, 11) is 0. The molecule has 160 valence electrons. The summed E-state index contributed by atoms with van der Waals surface area (Å²) in [6.45, 7) is 9.48. The van der Waals surface area contributed by atoms with E-state index in [9.17, 15) is 0 Å². The van der Waals surface area contributed by atoms with Crippen LogP contribution < -0.4 is 0 Å². The second-order valence-electron chi connectivity index (χ2n) is 11.6. The molecule has 0 heteroatoms. The molecular weight excluding hydrogens is 372 g/mol. The zero-order chi connectivity index (χ0) is 21.3. The maximum absolute atomic E-state index is 2.64. The van der Waals surface area contributed by atoms with Gasteiger partial charge in [0.15, 0.2) is 0 Å². The second kappa shape index (κ2) is 6.96. The van der Waals surface area contributed by atoms with Gasteiger partial charge < -0.3 is 0 Å². The van der Waals surface area contributed by atoms with Crippen LogP contribution in [0.15, 0.2) is 76.4 Å². The summed E-state index contributed by atoms with van der Waals surface area (Å²) in [5.74, 6) is 2.76. The first-order valence-electron chi connectivity index (χ1n) is 12.6. The fraction of sp³-hybridized carbons (Fsp3) is 0.484. The van der Waals surface area contributed by atoms with E-state index in [-0.39, 0.29) is 5.41 Å². The lowest BCUT2D eigenvalue weighted by Crippen LogP contribution is -2.36. The van der Waals surface area contributed by atoms with Crippen molar-refractivity contribution in [3.8, 4) is 0 Å². The molecule has 0 radical (unpaired) electrons. The summed E-state index contributed by atoms with van der Waals surface area (Å²) in [6, 6.07) is 9.23. The van der Waals surface area contributed by atoms with Crippen LogP contribution in [0, 0.1) is 29.1 Å². The van der Waals surface area contributed by atoms with Crippen LogP contribution in [0.25, 0.3) is 5.57 Å². The summed E-state index contributed by atoms with van der Waals surface area (Å²) in [5.41, 5.74) is 13.3. The van der Waals surface area contributed by atoms with Crippen LogP contribution in [0.2, 0.25) is 0 Å². The van der Waals surface area contributed by atoms with E-state index in [1.54, 1.807) is 33.4 Å². The van der Waals surface area contributed by atoms with Gasteiger partial charge in [0.1, 0.15) is 0 Å². The number of rotatable bonds is 1. The Morgan fingerprint density at radius 2 is 1.87 bits per heavy atom. The average molecular weight is 409 g/mol. The Bertz CT molecular complexity index is 1090. The highest BCUT2D eigenvalue weighted by Crippen LogP contribution is 2.58. The van der Waals surface area contributed by atoms with Crippen molar-refractivity contribution in [3.63, 3.8) is 0 Å². The standard InChI is InChI=1S/C31H36/c1-19-16-21(31(2,3)4)18-27(19)25-14-9-15-26-29-22-11-6-5-10-20(22)17-28(29)23-12-7-8-13-24(23)30(25)26/h5-6,9-11,15-16,18,24-25,27,30H,7-8,12-14,17H2,1-4H3. The molecule has 0 spiro atoms. The summed E-state index contributed by atoms with van der Waals surface area (Å²) < 4.78 is 0. The molecule has 4 atom stereocenters. The van der Waals surface area contributed by atoms with Crippen molar-refractivity contribution >= 4 is 5.57 Å². The number of allylic oxidation sites excluding steroid dienone is 10. The molecule has 5 aliphatic carbocycles. The second-order valence-corrected chi connectivity index (χ2v) is 11.6. The van der Waals surface area contributed by atoms with Gasteiger partial charge >= 0.3 is 0 Å². The van der Waals surface area contributed by atoms with Gasteiger partial charge in [0.25, 0.3) is 0 Å². The minimum Gasteiger partial charge on any atom is -0.0839 e. The van der Waals surface area contributed by atoms with Crippen LogP contribution in [0.4, 0.5) is 0 Å². The molecule has 1 saturated carbocycles. The minimum atomic E-state index is 0.238. The third kappa shape index (κ3) is 2.94. The molecule has 5 aliphatic rings. The van der Waals surface area contributed by atoms with E-state index in [2.05, 4.69) is 76.3 Å². The smallest absolute Gasteiger partial charge is 0.00205 e. The highest BCUT2D eigenvalue weighted by atomic mass is 14.5. The largest absolute Gasteiger partial charge is 0.0839 e. The molecule has 0 saturated heterocycles. The Balaban J connectivity index is 1.51. The summed E-state index contributed by atoms with van der Waals surface area (Å²) >= 11 is 0. The van der Waals surface area contributed by atoms with Crippen molar-refractivity contribution < 1.29 is 0 Å². The van der Waals surface area contributed by atoms with E-state index in [0.29, 0.717) is 17.8 Å². The van der Waals surface area contributed by atoms with Crippen LogP contribution in [0.3, 0.4) is 0 Å². The van der Waals surface area contributed by atoms with Gasteiger partial charge in [-0.05, 0) is 95.6 Å². The summed E-state index contributed by atoms with van der Waals surface area (Å²) in [6.07, 6.45) is 18.1. The minimum absolute atomic E-state index is 0.238. The molecule has 0 aromatic heterocycles. The average Bonchev–Trinajstić information content (AvgIpc) is 3.34. The Morgan fingerprint density at radius 1 is 1.03 bits per heavy atom. The number of hydrogen-bond acceptors (Lipinski definition) is 0. The lowest BCUT2D eigenvalue weighted by Gasteiger charge is -2.46. The molecule has 0 bridgehead atoms. The summed E-state index contributed by atoms with van der Waals surface area (Å²) in [5, 5.41) is 0. The quantitative estimate of drug-likeness (QED) is 0.439.